The minimum Gasteiger partial charge on any atom is -0.368 e. The molecule has 0 saturated heterocycles. The molecule has 7 nitrogen and oxygen atoms in total. The minimum atomic E-state index is -0.599. The Labute approximate surface area is 145 Å². The first-order chi connectivity index (χ1) is 12.1. The van der Waals surface area contributed by atoms with Gasteiger partial charge in [0.15, 0.2) is 5.82 Å². The molecule has 0 saturated carbocycles. The topological polar surface area (TPSA) is 107 Å². The summed E-state index contributed by atoms with van der Waals surface area (Å²) in [6.45, 7) is -0.462. The molecule has 0 aliphatic heterocycles. The van der Waals surface area contributed by atoms with Crippen molar-refractivity contribution in [2.45, 2.75) is 25.3 Å². The number of carbonyl (C=O) groups is 2. The van der Waals surface area contributed by atoms with Crippen molar-refractivity contribution in [3.63, 3.8) is 0 Å². The van der Waals surface area contributed by atoms with Crippen LogP contribution in [0.4, 0.5) is 0 Å². The van der Waals surface area contributed by atoms with Crippen molar-refractivity contribution in [2.75, 3.05) is 13.2 Å². The van der Waals surface area contributed by atoms with Gasteiger partial charge in [-0.15, -0.1) is 0 Å². The van der Waals surface area contributed by atoms with E-state index in [2.05, 4.69) is 15.3 Å². The average Bonchev–Trinajstić information content (AvgIpc) is 2.62. The van der Waals surface area contributed by atoms with E-state index in [0.29, 0.717) is 5.82 Å². The van der Waals surface area contributed by atoms with E-state index < -0.39 is 5.91 Å². The molecule has 1 aliphatic rings. The highest BCUT2D eigenvalue weighted by Crippen LogP contribution is 2.29. The number of nitrogens with one attached hydrogen (secondary N) is 1. The van der Waals surface area contributed by atoms with Crippen molar-refractivity contribution in [1.82, 2.24) is 15.3 Å². The lowest BCUT2D eigenvalue weighted by molar-refractivity contribution is -0.130. The maximum atomic E-state index is 12.0. The van der Waals surface area contributed by atoms with Crippen LogP contribution in [0.1, 0.15) is 30.1 Å². The van der Waals surface area contributed by atoms with Crippen LogP contribution in [0, 0.1) is 0 Å². The predicted molar refractivity (Wildman–Crippen MR) is 91.3 cm³/mol. The summed E-state index contributed by atoms with van der Waals surface area (Å²) in [5.74, 6) is -0.194. The second-order valence-electron chi connectivity index (χ2n) is 5.93. The molecule has 0 unspecified atom stereocenters. The molecule has 3 N–H and O–H groups in total. The number of aromatic nitrogens is 2. The van der Waals surface area contributed by atoms with Gasteiger partial charge in [0.2, 0.25) is 11.8 Å². The predicted octanol–water partition coefficient (Wildman–Crippen LogP) is 1.14. The van der Waals surface area contributed by atoms with E-state index in [9.17, 15) is 9.59 Å². The van der Waals surface area contributed by atoms with Gasteiger partial charge < -0.3 is 15.8 Å². The first-order valence-corrected chi connectivity index (χ1v) is 8.20. The number of carbonyl (C=O) groups excluding carboxylic acids is 2. The first-order valence-electron chi connectivity index (χ1n) is 8.20. The van der Waals surface area contributed by atoms with E-state index >= 15 is 0 Å². The Kier molecular flexibility index (Phi) is 5.35. The number of primary amides is 1. The smallest absolute Gasteiger partial charge is 0.246 e. The van der Waals surface area contributed by atoms with Gasteiger partial charge in [-0.1, -0.05) is 30.3 Å². The Hall–Kier alpha value is -2.80. The standard InChI is InChI=1S/C18H20N4O3/c19-16(23)10-25-11-17(24)21-14-7-4-8-15-13(14)9-20-18(22-15)12-5-2-1-3-6-12/h1-3,5-6,9,14H,4,7-8,10-11H2,(H2,19,23)(H,21,24)/t14-/m1/s1. The quantitative estimate of drug-likeness (QED) is 0.820. The molecule has 0 fully saturated rings. The molecule has 1 aliphatic carbocycles. The lowest BCUT2D eigenvalue weighted by Crippen LogP contribution is -2.34. The van der Waals surface area contributed by atoms with Gasteiger partial charge >= 0.3 is 0 Å². The molecule has 7 heteroatoms. The third kappa shape index (κ3) is 4.39. The zero-order chi connectivity index (χ0) is 17.6. The highest BCUT2D eigenvalue weighted by atomic mass is 16.5. The normalized spacial score (nSPS) is 16.1. The third-order valence-electron chi connectivity index (χ3n) is 4.03. The molecule has 25 heavy (non-hydrogen) atoms. The van der Waals surface area contributed by atoms with Gasteiger partial charge in [-0.25, -0.2) is 9.97 Å². The third-order valence-corrected chi connectivity index (χ3v) is 4.03. The Balaban J connectivity index is 1.70. The van der Waals surface area contributed by atoms with Crippen molar-refractivity contribution >= 4 is 11.8 Å². The maximum absolute atomic E-state index is 12.0. The molecule has 2 amide bonds. The second kappa shape index (κ2) is 7.85. The van der Waals surface area contributed by atoms with Gasteiger partial charge in [0.1, 0.15) is 13.2 Å². The largest absolute Gasteiger partial charge is 0.368 e. The van der Waals surface area contributed by atoms with Crippen molar-refractivity contribution < 1.29 is 14.3 Å². The fraction of sp³-hybridized carbons (Fsp3) is 0.333. The zero-order valence-corrected chi connectivity index (χ0v) is 13.8. The molecule has 130 valence electrons. The zero-order valence-electron chi connectivity index (χ0n) is 13.8. The molecule has 2 aromatic rings. The van der Waals surface area contributed by atoms with E-state index in [-0.39, 0.29) is 25.2 Å². The molecule has 1 heterocycles. The highest BCUT2D eigenvalue weighted by molar-refractivity contribution is 5.79. The molecular weight excluding hydrogens is 320 g/mol. The maximum Gasteiger partial charge on any atom is 0.246 e. The number of hydrogen-bond acceptors (Lipinski definition) is 5. The van der Waals surface area contributed by atoms with Crippen molar-refractivity contribution in [2.24, 2.45) is 5.73 Å². The van der Waals surface area contributed by atoms with Crippen LogP contribution in [0.25, 0.3) is 11.4 Å². The van der Waals surface area contributed by atoms with Crippen LogP contribution in [-0.4, -0.2) is 35.0 Å². The number of aryl methyl sites for hydroxylation is 1. The summed E-state index contributed by atoms with van der Waals surface area (Å²) in [4.78, 5) is 31.7. The summed E-state index contributed by atoms with van der Waals surface area (Å²) >= 11 is 0. The van der Waals surface area contributed by atoms with Crippen LogP contribution in [0.5, 0.6) is 0 Å². The van der Waals surface area contributed by atoms with E-state index in [1.165, 1.54) is 0 Å². The SMILES string of the molecule is NC(=O)COCC(=O)N[C@@H]1CCCc2nc(-c3ccccc3)ncc21. The lowest BCUT2D eigenvalue weighted by atomic mass is 9.92. The fourth-order valence-electron chi connectivity index (χ4n) is 2.90. The van der Waals surface area contributed by atoms with Crippen LogP contribution in [0.2, 0.25) is 0 Å². The molecule has 0 spiro atoms. The number of ether oxygens (including phenoxy) is 1. The van der Waals surface area contributed by atoms with E-state index in [4.69, 9.17) is 10.5 Å². The summed E-state index contributed by atoms with van der Waals surface area (Å²) in [6.07, 6.45) is 4.41. The number of fused-ring (bicyclic) bond motifs is 1. The first kappa shape index (κ1) is 17.0. The Morgan fingerprint density at radius 1 is 1.24 bits per heavy atom. The number of hydrogen-bond donors (Lipinski definition) is 2. The van der Waals surface area contributed by atoms with Crippen molar-refractivity contribution in [3.8, 4) is 11.4 Å². The average molecular weight is 340 g/mol. The van der Waals surface area contributed by atoms with Gasteiger partial charge in [-0.2, -0.15) is 0 Å². The number of amides is 2. The molecular formula is C18H20N4O3. The van der Waals surface area contributed by atoms with Crippen molar-refractivity contribution in [1.29, 1.82) is 0 Å². The van der Waals surface area contributed by atoms with Crippen LogP contribution in [0.3, 0.4) is 0 Å². The van der Waals surface area contributed by atoms with Gasteiger partial charge in [0.25, 0.3) is 0 Å². The molecule has 1 aromatic heterocycles. The Bertz CT molecular complexity index is 764. The van der Waals surface area contributed by atoms with Crippen LogP contribution < -0.4 is 11.1 Å². The van der Waals surface area contributed by atoms with Crippen molar-refractivity contribution in [3.05, 3.63) is 47.8 Å². The molecule has 0 bridgehead atoms. The Morgan fingerprint density at radius 2 is 2.04 bits per heavy atom. The minimum absolute atomic E-state index is 0.141. The monoisotopic (exact) mass is 340 g/mol. The molecule has 1 aromatic carbocycles. The summed E-state index contributed by atoms with van der Waals surface area (Å²) in [6, 6.07) is 9.66. The summed E-state index contributed by atoms with van der Waals surface area (Å²) < 4.78 is 4.95. The molecule has 0 radical (unpaired) electrons. The summed E-state index contributed by atoms with van der Waals surface area (Å²) in [5, 5.41) is 2.91. The number of nitrogens with zero attached hydrogens (tertiary/aromatic N) is 2. The number of benzene rings is 1. The van der Waals surface area contributed by atoms with E-state index in [1.54, 1.807) is 6.20 Å². The second-order valence-corrected chi connectivity index (χ2v) is 5.93. The van der Waals surface area contributed by atoms with Crippen LogP contribution >= 0.6 is 0 Å². The lowest BCUT2D eigenvalue weighted by Gasteiger charge is -2.25. The number of nitrogens with two attached hydrogens (primary N) is 1. The van der Waals surface area contributed by atoms with Gasteiger partial charge in [0, 0.05) is 23.0 Å². The number of rotatable bonds is 6. The molecule has 3 rings (SSSR count). The molecule has 1 atom stereocenters. The Morgan fingerprint density at radius 3 is 2.80 bits per heavy atom. The summed E-state index contributed by atoms with van der Waals surface area (Å²) in [5.41, 5.74) is 7.85. The van der Waals surface area contributed by atoms with Crippen LogP contribution in [0.15, 0.2) is 36.5 Å². The fourth-order valence-corrected chi connectivity index (χ4v) is 2.90. The van der Waals surface area contributed by atoms with Gasteiger partial charge in [0.05, 0.1) is 6.04 Å². The van der Waals surface area contributed by atoms with Gasteiger partial charge in [-0.05, 0) is 19.3 Å². The van der Waals surface area contributed by atoms with E-state index in [1.807, 2.05) is 30.3 Å². The van der Waals surface area contributed by atoms with Crippen LogP contribution in [-0.2, 0) is 20.7 Å². The summed E-state index contributed by atoms with van der Waals surface area (Å²) in [7, 11) is 0. The van der Waals surface area contributed by atoms with Gasteiger partial charge in [-0.3, -0.25) is 9.59 Å². The highest BCUT2D eigenvalue weighted by Gasteiger charge is 2.24. The van der Waals surface area contributed by atoms with E-state index in [0.717, 1.165) is 36.1 Å².